The van der Waals surface area contributed by atoms with Gasteiger partial charge in [0, 0.05) is 11.8 Å². The fraction of sp³-hybridized carbons (Fsp3) is 0.0526. The van der Waals surface area contributed by atoms with Gasteiger partial charge in [-0.15, -0.1) is 5.10 Å². The molecule has 3 aromatic carbocycles. The van der Waals surface area contributed by atoms with E-state index in [2.05, 4.69) is 20.8 Å². The largest absolute Gasteiger partial charge is 0.484 e. The number of benzene rings is 3. The summed E-state index contributed by atoms with van der Waals surface area (Å²) in [6.45, 7) is -0.0914. The third-order valence-electron chi connectivity index (χ3n) is 3.83. The molecule has 0 saturated carbocycles. The van der Waals surface area contributed by atoms with Gasteiger partial charge in [0.25, 0.3) is 5.91 Å². The summed E-state index contributed by atoms with van der Waals surface area (Å²) in [5, 5.41) is 16.1. The van der Waals surface area contributed by atoms with Crippen molar-refractivity contribution >= 4 is 22.4 Å². The molecule has 0 aliphatic heterocycles. The van der Waals surface area contributed by atoms with Crippen LogP contribution in [-0.2, 0) is 4.79 Å². The number of amides is 1. The van der Waals surface area contributed by atoms with Gasteiger partial charge >= 0.3 is 0 Å². The molecule has 26 heavy (non-hydrogen) atoms. The van der Waals surface area contributed by atoms with E-state index >= 15 is 0 Å². The van der Waals surface area contributed by atoms with Gasteiger partial charge in [-0.05, 0) is 45.5 Å². The van der Waals surface area contributed by atoms with E-state index in [0.29, 0.717) is 5.75 Å². The number of carbonyl (C=O) groups excluding carboxylic acids is 1. The van der Waals surface area contributed by atoms with Gasteiger partial charge in [0.2, 0.25) is 0 Å². The van der Waals surface area contributed by atoms with Crippen LogP contribution in [0.15, 0.2) is 73.1 Å². The molecule has 4 rings (SSSR count). The van der Waals surface area contributed by atoms with E-state index in [4.69, 9.17) is 4.74 Å². The lowest BCUT2D eigenvalue weighted by Gasteiger charge is -2.09. The fourth-order valence-corrected chi connectivity index (χ4v) is 2.61. The van der Waals surface area contributed by atoms with Gasteiger partial charge in [-0.25, -0.2) is 4.68 Å². The lowest BCUT2D eigenvalue weighted by Crippen LogP contribution is -2.20. The van der Waals surface area contributed by atoms with Crippen molar-refractivity contribution in [2.24, 2.45) is 0 Å². The Morgan fingerprint density at radius 2 is 1.88 bits per heavy atom. The molecule has 1 heterocycles. The number of fused-ring (bicyclic) bond motifs is 1. The van der Waals surface area contributed by atoms with Crippen molar-refractivity contribution in [3.63, 3.8) is 0 Å². The molecule has 0 spiro atoms. The highest BCUT2D eigenvalue weighted by molar-refractivity contribution is 5.95. The van der Waals surface area contributed by atoms with E-state index in [0.717, 1.165) is 22.1 Å². The maximum atomic E-state index is 12.2. The Morgan fingerprint density at radius 1 is 1.00 bits per heavy atom. The third-order valence-corrected chi connectivity index (χ3v) is 3.83. The topological polar surface area (TPSA) is 81.9 Å². The summed E-state index contributed by atoms with van der Waals surface area (Å²) in [5.74, 6) is 0.333. The molecule has 4 aromatic rings. The van der Waals surface area contributed by atoms with Crippen LogP contribution in [0.1, 0.15) is 0 Å². The molecule has 0 saturated heterocycles. The lowest BCUT2D eigenvalue weighted by molar-refractivity contribution is -0.118. The highest BCUT2D eigenvalue weighted by Gasteiger charge is 2.06. The van der Waals surface area contributed by atoms with E-state index in [1.165, 1.54) is 11.0 Å². The minimum Gasteiger partial charge on any atom is -0.484 e. The molecule has 1 N–H and O–H groups in total. The van der Waals surface area contributed by atoms with Crippen LogP contribution in [0, 0.1) is 0 Å². The second-order valence-electron chi connectivity index (χ2n) is 5.65. The number of hydrogen-bond acceptors (Lipinski definition) is 5. The first-order valence-corrected chi connectivity index (χ1v) is 8.03. The number of hydrogen-bond donors (Lipinski definition) is 1. The number of ether oxygens (including phenoxy) is 1. The van der Waals surface area contributed by atoms with Crippen molar-refractivity contribution in [3.8, 4) is 11.4 Å². The zero-order valence-electron chi connectivity index (χ0n) is 13.7. The van der Waals surface area contributed by atoms with Crippen molar-refractivity contribution in [1.29, 1.82) is 0 Å². The van der Waals surface area contributed by atoms with Crippen LogP contribution in [0.4, 0.5) is 5.69 Å². The van der Waals surface area contributed by atoms with Crippen molar-refractivity contribution in [2.45, 2.75) is 0 Å². The van der Waals surface area contributed by atoms with Crippen LogP contribution in [0.2, 0.25) is 0 Å². The van der Waals surface area contributed by atoms with Gasteiger partial charge < -0.3 is 10.1 Å². The monoisotopic (exact) mass is 345 g/mol. The van der Waals surface area contributed by atoms with E-state index in [9.17, 15) is 4.79 Å². The molecule has 1 amide bonds. The van der Waals surface area contributed by atoms with Crippen LogP contribution < -0.4 is 10.1 Å². The Morgan fingerprint density at radius 3 is 2.73 bits per heavy atom. The quantitative estimate of drug-likeness (QED) is 0.601. The first-order valence-electron chi connectivity index (χ1n) is 8.03. The molecule has 0 aliphatic rings. The number of aromatic nitrogens is 4. The summed E-state index contributed by atoms with van der Waals surface area (Å²) >= 11 is 0. The summed E-state index contributed by atoms with van der Waals surface area (Å²) in [4.78, 5) is 12.2. The molecule has 0 bridgehead atoms. The number of carbonyl (C=O) groups is 1. The number of tetrazole rings is 1. The second kappa shape index (κ2) is 7.02. The van der Waals surface area contributed by atoms with Gasteiger partial charge in [0.05, 0.1) is 5.69 Å². The first-order chi connectivity index (χ1) is 12.8. The molecule has 128 valence electrons. The maximum Gasteiger partial charge on any atom is 0.262 e. The summed E-state index contributed by atoms with van der Waals surface area (Å²) < 4.78 is 7.09. The minimum atomic E-state index is -0.229. The van der Waals surface area contributed by atoms with Gasteiger partial charge in [0.15, 0.2) is 6.61 Å². The molecule has 0 aliphatic carbocycles. The second-order valence-corrected chi connectivity index (χ2v) is 5.65. The SMILES string of the molecule is O=C(COc1cccc(-n2cnnn2)c1)Nc1ccc2ccccc2c1. The molecule has 7 heteroatoms. The Hall–Kier alpha value is -3.74. The molecular formula is C19H15N5O2. The van der Waals surface area contributed by atoms with Crippen LogP contribution in [0.25, 0.3) is 16.5 Å². The van der Waals surface area contributed by atoms with Gasteiger partial charge in [-0.2, -0.15) is 0 Å². The van der Waals surface area contributed by atoms with Crippen molar-refractivity contribution in [1.82, 2.24) is 20.2 Å². The van der Waals surface area contributed by atoms with Crippen LogP contribution in [0.5, 0.6) is 5.75 Å². The van der Waals surface area contributed by atoms with Gasteiger partial charge in [0.1, 0.15) is 12.1 Å². The van der Waals surface area contributed by atoms with Gasteiger partial charge in [-0.3, -0.25) is 4.79 Å². The predicted octanol–water partition coefficient (Wildman–Crippen LogP) is 2.83. The number of anilines is 1. The lowest BCUT2D eigenvalue weighted by atomic mass is 10.1. The van der Waals surface area contributed by atoms with Crippen LogP contribution in [0.3, 0.4) is 0 Å². The summed E-state index contributed by atoms with van der Waals surface area (Å²) in [5.41, 5.74) is 1.49. The zero-order chi connectivity index (χ0) is 17.8. The van der Waals surface area contributed by atoms with Crippen molar-refractivity contribution in [3.05, 3.63) is 73.1 Å². The Bertz CT molecular complexity index is 1050. The summed E-state index contributed by atoms with van der Waals surface area (Å²) in [7, 11) is 0. The fourth-order valence-electron chi connectivity index (χ4n) is 2.61. The third kappa shape index (κ3) is 3.51. The Kier molecular flexibility index (Phi) is 4.26. The molecule has 7 nitrogen and oxygen atoms in total. The number of nitrogens with zero attached hydrogens (tertiary/aromatic N) is 4. The summed E-state index contributed by atoms with van der Waals surface area (Å²) in [6, 6.07) is 21.0. The molecule has 0 atom stereocenters. The van der Waals surface area contributed by atoms with E-state index in [-0.39, 0.29) is 12.5 Å². The van der Waals surface area contributed by atoms with Crippen LogP contribution >= 0.6 is 0 Å². The maximum absolute atomic E-state index is 12.2. The zero-order valence-corrected chi connectivity index (χ0v) is 13.7. The average Bonchev–Trinajstić information content (AvgIpc) is 3.21. The molecule has 0 unspecified atom stereocenters. The van der Waals surface area contributed by atoms with E-state index < -0.39 is 0 Å². The summed E-state index contributed by atoms with van der Waals surface area (Å²) in [6.07, 6.45) is 1.49. The highest BCUT2D eigenvalue weighted by Crippen LogP contribution is 2.19. The predicted molar refractivity (Wildman–Crippen MR) is 97.2 cm³/mol. The Labute approximate surface area is 149 Å². The average molecular weight is 345 g/mol. The van der Waals surface area contributed by atoms with Crippen LogP contribution in [-0.4, -0.2) is 32.7 Å². The number of nitrogens with one attached hydrogen (secondary N) is 1. The molecular weight excluding hydrogens is 330 g/mol. The van der Waals surface area contributed by atoms with E-state index in [1.54, 1.807) is 12.1 Å². The first kappa shape index (κ1) is 15.8. The van der Waals surface area contributed by atoms with Crippen molar-refractivity contribution in [2.75, 3.05) is 11.9 Å². The number of rotatable bonds is 5. The molecule has 1 aromatic heterocycles. The minimum absolute atomic E-state index is 0.0914. The Balaban J connectivity index is 1.40. The normalized spacial score (nSPS) is 10.6. The van der Waals surface area contributed by atoms with E-state index in [1.807, 2.05) is 54.6 Å². The molecule has 0 radical (unpaired) electrons. The highest BCUT2D eigenvalue weighted by atomic mass is 16.5. The smallest absolute Gasteiger partial charge is 0.262 e. The van der Waals surface area contributed by atoms with Crippen molar-refractivity contribution < 1.29 is 9.53 Å². The van der Waals surface area contributed by atoms with Gasteiger partial charge in [-0.1, -0.05) is 36.4 Å². The molecule has 0 fully saturated rings. The standard InChI is InChI=1S/C19H15N5O2/c25-19(21-16-9-8-14-4-1-2-5-15(14)10-16)12-26-18-7-3-6-17(11-18)24-13-20-22-23-24/h1-11,13H,12H2,(H,21,25).